The Hall–Kier alpha value is -2.09. The molecule has 0 spiro atoms. The first-order chi connectivity index (χ1) is 13.4. The summed E-state index contributed by atoms with van der Waals surface area (Å²) in [6.07, 6.45) is 3.78. The number of hydrogen-bond donors (Lipinski definition) is 2. The van der Waals surface area contributed by atoms with Crippen molar-refractivity contribution >= 4 is 27.5 Å². The molecule has 2 N–H and O–H groups in total. The van der Waals surface area contributed by atoms with Gasteiger partial charge in [0.1, 0.15) is 5.75 Å². The van der Waals surface area contributed by atoms with E-state index in [2.05, 4.69) is 10.0 Å². The second kappa shape index (κ2) is 9.41. The van der Waals surface area contributed by atoms with Crippen LogP contribution in [0.2, 0.25) is 5.02 Å². The highest BCUT2D eigenvalue weighted by molar-refractivity contribution is 7.89. The molecule has 1 aliphatic carbocycles. The highest BCUT2D eigenvalue weighted by Gasteiger charge is 2.23. The molecule has 0 unspecified atom stereocenters. The third kappa shape index (κ3) is 5.70. The second-order valence-corrected chi connectivity index (χ2v) is 8.87. The number of hydrogen-bond acceptors (Lipinski definition) is 4. The monoisotopic (exact) mass is 422 g/mol. The predicted octanol–water partition coefficient (Wildman–Crippen LogP) is 3.26. The molecule has 0 radical (unpaired) electrons. The van der Waals surface area contributed by atoms with Crippen LogP contribution in [0.15, 0.2) is 53.4 Å². The summed E-state index contributed by atoms with van der Waals surface area (Å²) in [5.41, 5.74) is 0.984. The molecular weight excluding hydrogens is 400 g/mol. The van der Waals surface area contributed by atoms with Gasteiger partial charge in [0.25, 0.3) is 5.91 Å². The van der Waals surface area contributed by atoms with Crippen molar-refractivity contribution in [2.24, 2.45) is 0 Å². The van der Waals surface area contributed by atoms with E-state index in [1.54, 1.807) is 0 Å². The van der Waals surface area contributed by atoms with Crippen molar-refractivity contribution in [1.82, 2.24) is 10.0 Å². The van der Waals surface area contributed by atoms with Crippen LogP contribution in [0.1, 0.15) is 31.2 Å². The van der Waals surface area contributed by atoms with Crippen LogP contribution < -0.4 is 14.8 Å². The molecule has 0 aliphatic heterocycles. The first kappa shape index (κ1) is 20.6. The van der Waals surface area contributed by atoms with Crippen LogP contribution in [0.4, 0.5) is 0 Å². The summed E-state index contributed by atoms with van der Waals surface area (Å²) in [7, 11) is -3.62. The Morgan fingerprint density at radius 2 is 1.82 bits per heavy atom. The van der Waals surface area contributed by atoms with E-state index in [1.807, 2.05) is 30.3 Å². The number of benzene rings is 2. The van der Waals surface area contributed by atoms with Gasteiger partial charge in [0, 0.05) is 12.6 Å². The molecule has 2 aromatic rings. The molecule has 0 atom stereocenters. The Morgan fingerprint density at radius 1 is 1.11 bits per heavy atom. The van der Waals surface area contributed by atoms with Crippen LogP contribution in [0.5, 0.6) is 5.75 Å². The van der Waals surface area contributed by atoms with Gasteiger partial charge < -0.3 is 10.1 Å². The van der Waals surface area contributed by atoms with Crippen molar-refractivity contribution in [3.63, 3.8) is 0 Å². The lowest BCUT2D eigenvalue weighted by atomic mass is 10.2. The third-order valence-electron chi connectivity index (χ3n) is 4.58. The number of amides is 1. The van der Waals surface area contributed by atoms with Crippen molar-refractivity contribution in [2.75, 3.05) is 6.61 Å². The fourth-order valence-corrected chi connectivity index (χ4v) is 4.72. The Bertz CT molecular complexity index is 913. The van der Waals surface area contributed by atoms with Crippen molar-refractivity contribution in [3.05, 3.63) is 59.1 Å². The van der Waals surface area contributed by atoms with Crippen LogP contribution in [-0.4, -0.2) is 27.0 Å². The summed E-state index contributed by atoms with van der Waals surface area (Å²) in [4.78, 5) is 12.0. The number of ether oxygens (including phenoxy) is 1. The minimum absolute atomic E-state index is 0.0204. The first-order valence-electron chi connectivity index (χ1n) is 9.19. The average Bonchev–Trinajstić information content (AvgIpc) is 3.18. The highest BCUT2D eigenvalue weighted by Crippen LogP contribution is 2.28. The van der Waals surface area contributed by atoms with Gasteiger partial charge in [-0.25, -0.2) is 13.1 Å². The maximum absolute atomic E-state index is 12.5. The van der Waals surface area contributed by atoms with E-state index in [-0.39, 0.29) is 34.2 Å². The highest BCUT2D eigenvalue weighted by atomic mass is 35.5. The van der Waals surface area contributed by atoms with Crippen molar-refractivity contribution in [1.29, 1.82) is 0 Å². The van der Waals surface area contributed by atoms with Crippen molar-refractivity contribution in [3.8, 4) is 5.75 Å². The zero-order valence-electron chi connectivity index (χ0n) is 15.4. The van der Waals surface area contributed by atoms with Gasteiger partial charge in [0.15, 0.2) is 6.61 Å². The SMILES string of the molecule is O=C(COc1ccc(S(=O)(=O)NC2CCCC2)cc1Cl)NCc1ccccc1. The molecule has 0 aromatic heterocycles. The molecule has 1 aliphatic rings. The Balaban J connectivity index is 1.54. The van der Waals surface area contributed by atoms with E-state index in [1.165, 1.54) is 18.2 Å². The largest absolute Gasteiger partial charge is 0.482 e. The number of carbonyl (C=O) groups is 1. The predicted molar refractivity (Wildman–Crippen MR) is 108 cm³/mol. The normalized spacial score (nSPS) is 14.8. The minimum Gasteiger partial charge on any atom is -0.482 e. The van der Waals surface area contributed by atoms with Crippen LogP contribution in [-0.2, 0) is 21.4 Å². The number of rotatable bonds is 8. The van der Waals surface area contributed by atoms with Gasteiger partial charge in [-0.1, -0.05) is 54.8 Å². The molecule has 6 nitrogen and oxygen atoms in total. The van der Waals surface area contributed by atoms with Gasteiger partial charge in [-0.2, -0.15) is 0 Å². The van der Waals surface area contributed by atoms with E-state index >= 15 is 0 Å². The van der Waals surface area contributed by atoms with Crippen LogP contribution in [0, 0.1) is 0 Å². The molecule has 150 valence electrons. The maximum atomic E-state index is 12.5. The van der Waals surface area contributed by atoms with Gasteiger partial charge in [0.2, 0.25) is 10.0 Å². The lowest BCUT2D eigenvalue weighted by molar-refractivity contribution is -0.123. The molecule has 1 fully saturated rings. The summed E-state index contributed by atoms with van der Waals surface area (Å²) < 4.78 is 33.1. The van der Waals surface area contributed by atoms with Gasteiger partial charge in [-0.05, 0) is 36.6 Å². The third-order valence-corrected chi connectivity index (χ3v) is 6.40. The number of carbonyl (C=O) groups excluding carboxylic acids is 1. The Kier molecular flexibility index (Phi) is 6.93. The zero-order valence-corrected chi connectivity index (χ0v) is 16.9. The smallest absolute Gasteiger partial charge is 0.258 e. The molecule has 2 aromatic carbocycles. The van der Waals surface area contributed by atoms with Gasteiger partial charge >= 0.3 is 0 Å². The summed E-state index contributed by atoms with van der Waals surface area (Å²) in [5.74, 6) is -0.0316. The van der Waals surface area contributed by atoms with E-state index in [0.717, 1.165) is 31.2 Å². The standard InChI is InChI=1S/C20H23ClN2O4S/c21-18-12-17(28(25,26)23-16-8-4-5-9-16)10-11-19(18)27-14-20(24)22-13-15-6-2-1-3-7-15/h1-3,6-7,10-12,16,23H,4-5,8-9,13-14H2,(H,22,24). The number of nitrogens with one attached hydrogen (secondary N) is 2. The number of sulfonamides is 1. The van der Waals surface area contributed by atoms with E-state index in [9.17, 15) is 13.2 Å². The topological polar surface area (TPSA) is 84.5 Å². The fourth-order valence-electron chi connectivity index (χ4n) is 3.09. The fraction of sp³-hybridized carbons (Fsp3) is 0.350. The van der Waals surface area contributed by atoms with Crippen LogP contribution in [0.25, 0.3) is 0 Å². The molecule has 0 bridgehead atoms. The van der Waals surface area contributed by atoms with Gasteiger partial charge in [-0.3, -0.25) is 4.79 Å². The molecular formula is C20H23ClN2O4S. The molecule has 1 amide bonds. The van der Waals surface area contributed by atoms with Crippen molar-refractivity contribution in [2.45, 2.75) is 43.2 Å². The summed E-state index contributed by atoms with van der Waals surface area (Å²) in [6.45, 7) is 0.194. The molecule has 0 saturated heterocycles. The quantitative estimate of drug-likeness (QED) is 0.683. The Morgan fingerprint density at radius 3 is 2.50 bits per heavy atom. The molecule has 0 heterocycles. The van der Waals surface area contributed by atoms with E-state index in [4.69, 9.17) is 16.3 Å². The van der Waals surface area contributed by atoms with Crippen molar-refractivity contribution < 1.29 is 17.9 Å². The lowest BCUT2D eigenvalue weighted by Gasteiger charge is -2.14. The van der Waals surface area contributed by atoms with Gasteiger partial charge in [0.05, 0.1) is 9.92 Å². The van der Waals surface area contributed by atoms with E-state index < -0.39 is 10.0 Å². The molecule has 3 rings (SSSR count). The average molecular weight is 423 g/mol. The summed E-state index contributed by atoms with van der Waals surface area (Å²) >= 11 is 6.16. The molecule has 1 saturated carbocycles. The van der Waals surface area contributed by atoms with Crippen LogP contribution >= 0.6 is 11.6 Å². The summed E-state index contributed by atoms with van der Waals surface area (Å²) in [6, 6.07) is 13.8. The van der Waals surface area contributed by atoms with Crippen LogP contribution in [0.3, 0.4) is 0 Å². The van der Waals surface area contributed by atoms with E-state index in [0.29, 0.717) is 6.54 Å². The zero-order chi connectivity index (χ0) is 20.0. The molecule has 28 heavy (non-hydrogen) atoms. The Labute approximate surface area is 170 Å². The lowest BCUT2D eigenvalue weighted by Crippen LogP contribution is -2.32. The second-order valence-electron chi connectivity index (χ2n) is 6.75. The van der Waals surface area contributed by atoms with Gasteiger partial charge in [-0.15, -0.1) is 0 Å². The maximum Gasteiger partial charge on any atom is 0.258 e. The molecule has 8 heteroatoms. The minimum atomic E-state index is -3.62. The summed E-state index contributed by atoms with van der Waals surface area (Å²) in [5, 5.41) is 2.90. The number of halogens is 1. The first-order valence-corrected chi connectivity index (χ1v) is 11.1.